The second-order valence-electron chi connectivity index (χ2n) is 5.20. The first-order chi connectivity index (χ1) is 9.84. The third-order valence-electron chi connectivity index (χ3n) is 3.80. The molecule has 1 heterocycles. The first kappa shape index (κ1) is 13.3. The number of halogens is 1. The molecule has 0 radical (unpaired) electrons. The van der Waals surface area contributed by atoms with Crippen LogP contribution in [-0.4, -0.2) is 4.98 Å². The molecule has 1 fully saturated rings. The van der Waals surface area contributed by atoms with Crippen LogP contribution in [0.2, 0.25) is 0 Å². The summed E-state index contributed by atoms with van der Waals surface area (Å²) in [6.45, 7) is 0. The molecule has 0 spiro atoms. The number of nitrogens with zero attached hydrogens (tertiary/aromatic N) is 1. The van der Waals surface area contributed by atoms with Crippen LogP contribution in [0.3, 0.4) is 0 Å². The first-order valence-electron chi connectivity index (χ1n) is 7.00. The lowest BCUT2D eigenvalue weighted by Gasteiger charge is -2.02. The zero-order chi connectivity index (χ0) is 13.8. The summed E-state index contributed by atoms with van der Waals surface area (Å²) in [5.41, 5.74) is 3.42. The van der Waals surface area contributed by atoms with Crippen LogP contribution < -0.4 is 0 Å². The Hall–Kier alpha value is -1.66. The SMILES string of the molecule is Fc1c(C#CCC2CCCC2)cccc1-c1cscn1. The molecule has 1 aromatic heterocycles. The Morgan fingerprint density at radius 1 is 1.30 bits per heavy atom. The number of aromatic nitrogens is 1. The van der Waals surface area contributed by atoms with E-state index in [1.807, 2.05) is 11.4 Å². The average Bonchev–Trinajstić information content (AvgIpc) is 3.13. The molecule has 3 heteroatoms. The molecule has 0 bridgehead atoms. The van der Waals surface area contributed by atoms with Gasteiger partial charge in [0.2, 0.25) is 0 Å². The standard InChI is InChI=1S/C17H16FNS/c18-17-14(8-3-7-13-5-1-2-6-13)9-4-10-15(17)16-11-20-12-19-16/h4,9-13H,1-2,5-7H2. The van der Waals surface area contributed by atoms with Gasteiger partial charge in [0.05, 0.1) is 16.8 Å². The van der Waals surface area contributed by atoms with Crippen molar-refractivity contribution in [3.8, 4) is 23.1 Å². The summed E-state index contributed by atoms with van der Waals surface area (Å²) in [7, 11) is 0. The predicted octanol–water partition coefficient (Wildman–Crippen LogP) is 4.88. The van der Waals surface area contributed by atoms with Crippen LogP contribution in [0.5, 0.6) is 0 Å². The highest BCUT2D eigenvalue weighted by molar-refractivity contribution is 7.07. The molecule has 3 rings (SSSR count). The molecule has 2 aromatic rings. The third kappa shape index (κ3) is 2.91. The van der Waals surface area contributed by atoms with Crippen molar-refractivity contribution in [1.82, 2.24) is 4.98 Å². The van der Waals surface area contributed by atoms with Crippen LogP contribution in [0.4, 0.5) is 4.39 Å². The lowest BCUT2D eigenvalue weighted by atomic mass is 10.0. The second kappa shape index (κ2) is 6.19. The van der Waals surface area contributed by atoms with Crippen molar-refractivity contribution in [2.75, 3.05) is 0 Å². The Balaban J connectivity index is 1.80. The van der Waals surface area contributed by atoms with Crippen molar-refractivity contribution in [3.63, 3.8) is 0 Å². The highest BCUT2D eigenvalue weighted by atomic mass is 32.1. The molecule has 0 unspecified atom stereocenters. The van der Waals surface area contributed by atoms with Crippen LogP contribution >= 0.6 is 11.3 Å². The number of benzene rings is 1. The third-order valence-corrected chi connectivity index (χ3v) is 4.38. The smallest absolute Gasteiger partial charge is 0.148 e. The Kier molecular flexibility index (Phi) is 4.13. The molecule has 1 aliphatic carbocycles. The molecule has 1 nitrogen and oxygen atoms in total. The van der Waals surface area contributed by atoms with E-state index in [2.05, 4.69) is 16.8 Å². The maximum atomic E-state index is 14.4. The van der Waals surface area contributed by atoms with E-state index in [0.717, 1.165) is 6.42 Å². The van der Waals surface area contributed by atoms with Gasteiger partial charge < -0.3 is 0 Å². The van der Waals surface area contributed by atoms with Crippen molar-refractivity contribution >= 4 is 11.3 Å². The molecule has 0 N–H and O–H groups in total. The van der Waals surface area contributed by atoms with E-state index in [9.17, 15) is 4.39 Å². The van der Waals surface area contributed by atoms with Crippen LogP contribution in [0.15, 0.2) is 29.1 Å². The van der Waals surface area contributed by atoms with Crippen LogP contribution in [0.1, 0.15) is 37.7 Å². The molecule has 1 aromatic carbocycles. The van der Waals surface area contributed by atoms with Crippen molar-refractivity contribution in [3.05, 3.63) is 40.5 Å². The van der Waals surface area contributed by atoms with E-state index in [0.29, 0.717) is 22.7 Å². The number of hydrogen-bond acceptors (Lipinski definition) is 2. The quantitative estimate of drug-likeness (QED) is 0.717. The van der Waals surface area contributed by atoms with Crippen molar-refractivity contribution in [1.29, 1.82) is 0 Å². The van der Waals surface area contributed by atoms with Gasteiger partial charge in [-0.2, -0.15) is 0 Å². The fraction of sp³-hybridized carbons (Fsp3) is 0.353. The number of hydrogen-bond donors (Lipinski definition) is 0. The van der Waals surface area contributed by atoms with E-state index in [1.54, 1.807) is 17.6 Å². The molecule has 0 aliphatic heterocycles. The fourth-order valence-electron chi connectivity index (χ4n) is 2.68. The van der Waals surface area contributed by atoms with E-state index >= 15 is 0 Å². The minimum atomic E-state index is -0.252. The molecule has 0 atom stereocenters. The Labute approximate surface area is 122 Å². The van der Waals surface area contributed by atoms with E-state index in [1.165, 1.54) is 37.0 Å². The van der Waals surface area contributed by atoms with Gasteiger partial charge in [-0.15, -0.1) is 11.3 Å². The molecule has 1 saturated carbocycles. The number of rotatable bonds is 2. The normalized spacial score (nSPS) is 15.1. The van der Waals surface area contributed by atoms with Crippen molar-refractivity contribution < 1.29 is 4.39 Å². The van der Waals surface area contributed by atoms with Gasteiger partial charge in [0.25, 0.3) is 0 Å². The van der Waals surface area contributed by atoms with Gasteiger partial charge in [-0.1, -0.05) is 30.7 Å². The lowest BCUT2D eigenvalue weighted by Crippen LogP contribution is -1.91. The van der Waals surface area contributed by atoms with Gasteiger partial charge in [-0.05, 0) is 30.9 Å². The average molecular weight is 285 g/mol. The molecule has 20 heavy (non-hydrogen) atoms. The summed E-state index contributed by atoms with van der Waals surface area (Å²) in [5, 5.41) is 1.86. The topological polar surface area (TPSA) is 12.9 Å². The summed E-state index contributed by atoms with van der Waals surface area (Å²) >= 11 is 1.47. The lowest BCUT2D eigenvalue weighted by molar-refractivity contribution is 0.566. The molecule has 102 valence electrons. The van der Waals surface area contributed by atoms with Crippen LogP contribution in [0.25, 0.3) is 11.3 Å². The van der Waals surface area contributed by atoms with E-state index in [4.69, 9.17) is 0 Å². The Bertz CT molecular complexity index is 631. The maximum Gasteiger partial charge on any atom is 0.148 e. The molecule has 0 saturated heterocycles. The van der Waals surface area contributed by atoms with Gasteiger partial charge in [0.15, 0.2) is 0 Å². The summed E-state index contributed by atoms with van der Waals surface area (Å²) in [4.78, 5) is 4.16. The first-order valence-corrected chi connectivity index (χ1v) is 7.95. The zero-order valence-electron chi connectivity index (χ0n) is 11.2. The minimum Gasteiger partial charge on any atom is -0.245 e. The zero-order valence-corrected chi connectivity index (χ0v) is 12.0. The van der Waals surface area contributed by atoms with Crippen molar-refractivity contribution in [2.24, 2.45) is 5.92 Å². The highest BCUT2D eigenvalue weighted by Crippen LogP contribution is 2.27. The summed E-state index contributed by atoms with van der Waals surface area (Å²) in [6, 6.07) is 5.34. The monoisotopic (exact) mass is 285 g/mol. The summed E-state index contributed by atoms with van der Waals surface area (Å²) in [5.74, 6) is 6.60. The summed E-state index contributed by atoms with van der Waals surface area (Å²) < 4.78 is 14.4. The van der Waals surface area contributed by atoms with Crippen molar-refractivity contribution in [2.45, 2.75) is 32.1 Å². The van der Waals surface area contributed by atoms with Gasteiger partial charge in [-0.3, -0.25) is 0 Å². The van der Waals surface area contributed by atoms with E-state index in [-0.39, 0.29) is 5.82 Å². The molecular weight excluding hydrogens is 269 g/mol. The predicted molar refractivity (Wildman–Crippen MR) is 81.0 cm³/mol. The Morgan fingerprint density at radius 2 is 2.15 bits per heavy atom. The van der Waals surface area contributed by atoms with Gasteiger partial charge >= 0.3 is 0 Å². The molecule has 1 aliphatic rings. The van der Waals surface area contributed by atoms with E-state index < -0.39 is 0 Å². The van der Waals surface area contributed by atoms with Crippen LogP contribution in [0, 0.1) is 23.6 Å². The second-order valence-corrected chi connectivity index (χ2v) is 5.92. The summed E-state index contributed by atoms with van der Waals surface area (Å²) in [6.07, 6.45) is 6.08. The fourth-order valence-corrected chi connectivity index (χ4v) is 3.23. The largest absolute Gasteiger partial charge is 0.245 e. The minimum absolute atomic E-state index is 0.252. The Morgan fingerprint density at radius 3 is 2.90 bits per heavy atom. The van der Waals surface area contributed by atoms with Gasteiger partial charge in [-0.25, -0.2) is 9.37 Å². The molecular formula is C17H16FNS. The van der Waals surface area contributed by atoms with Gasteiger partial charge in [0, 0.05) is 17.4 Å². The number of thiazole rings is 1. The molecule has 0 amide bonds. The van der Waals surface area contributed by atoms with Crippen LogP contribution in [-0.2, 0) is 0 Å². The highest BCUT2D eigenvalue weighted by Gasteiger charge is 2.13. The maximum absolute atomic E-state index is 14.4. The van der Waals surface area contributed by atoms with Gasteiger partial charge in [0.1, 0.15) is 5.82 Å².